The van der Waals surface area contributed by atoms with Crippen LogP contribution < -0.4 is 11.1 Å². The van der Waals surface area contributed by atoms with Crippen LogP contribution in [0.5, 0.6) is 0 Å². The van der Waals surface area contributed by atoms with Gasteiger partial charge in [-0.2, -0.15) is 0 Å². The molecular formula is C14H22FN3O2. The molecule has 20 heavy (non-hydrogen) atoms. The summed E-state index contributed by atoms with van der Waals surface area (Å²) in [6, 6.07) is 4.34. The van der Waals surface area contributed by atoms with E-state index in [-0.39, 0.29) is 18.5 Å². The van der Waals surface area contributed by atoms with Crippen LogP contribution in [0.1, 0.15) is 31.4 Å². The maximum Gasteiger partial charge on any atom is 0.170 e. The quantitative estimate of drug-likeness (QED) is 0.264. The maximum absolute atomic E-state index is 13.9. The van der Waals surface area contributed by atoms with Crippen LogP contribution >= 0.6 is 0 Å². The number of oxime groups is 1. The van der Waals surface area contributed by atoms with Crippen molar-refractivity contribution in [2.24, 2.45) is 16.8 Å². The van der Waals surface area contributed by atoms with Gasteiger partial charge in [0, 0.05) is 23.7 Å². The lowest BCUT2D eigenvalue weighted by atomic mass is 10.0. The van der Waals surface area contributed by atoms with Crippen molar-refractivity contribution in [3.05, 3.63) is 35.1 Å². The number of aliphatic hydroxyl groups excluding tert-OH is 1. The van der Waals surface area contributed by atoms with Crippen molar-refractivity contribution in [1.82, 2.24) is 5.32 Å². The molecule has 112 valence electrons. The van der Waals surface area contributed by atoms with E-state index in [1.165, 1.54) is 6.07 Å². The molecule has 0 spiro atoms. The minimum absolute atomic E-state index is 0.0159. The third-order valence-corrected chi connectivity index (χ3v) is 3.01. The number of halogens is 1. The van der Waals surface area contributed by atoms with E-state index in [0.717, 1.165) is 6.42 Å². The molecule has 1 unspecified atom stereocenters. The summed E-state index contributed by atoms with van der Waals surface area (Å²) in [6.45, 7) is 4.47. The fourth-order valence-corrected chi connectivity index (χ4v) is 1.95. The molecule has 0 aliphatic heterocycles. The van der Waals surface area contributed by atoms with E-state index in [4.69, 9.17) is 10.9 Å². The molecule has 1 aromatic carbocycles. The molecule has 0 amide bonds. The molecule has 1 atom stereocenters. The zero-order chi connectivity index (χ0) is 15.1. The van der Waals surface area contributed by atoms with Crippen molar-refractivity contribution in [2.75, 3.05) is 6.61 Å². The van der Waals surface area contributed by atoms with E-state index in [9.17, 15) is 9.50 Å². The van der Waals surface area contributed by atoms with Crippen LogP contribution in [-0.4, -0.2) is 28.8 Å². The first-order chi connectivity index (χ1) is 9.47. The van der Waals surface area contributed by atoms with Crippen molar-refractivity contribution < 1.29 is 14.7 Å². The topological polar surface area (TPSA) is 90.9 Å². The van der Waals surface area contributed by atoms with Gasteiger partial charge in [-0.1, -0.05) is 31.1 Å². The Balaban J connectivity index is 2.69. The van der Waals surface area contributed by atoms with E-state index >= 15 is 0 Å². The van der Waals surface area contributed by atoms with Crippen molar-refractivity contribution in [1.29, 1.82) is 0 Å². The van der Waals surface area contributed by atoms with Crippen LogP contribution in [0.25, 0.3) is 0 Å². The average Bonchev–Trinajstić information content (AvgIpc) is 2.43. The number of aliphatic hydroxyl groups is 1. The summed E-state index contributed by atoms with van der Waals surface area (Å²) in [5.74, 6) is -0.105. The van der Waals surface area contributed by atoms with Gasteiger partial charge >= 0.3 is 0 Å². The fourth-order valence-electron chi connectivity index (χ4n) is 1.95. The van der Waals surface area contributed by atoms with Gasteiger partial charge in [0.25, 0.3) is 0 Å². The number of benzene rings is 1. The van der Waals surface area contributed by atoms with Gasteiger partial charge in [-0.05, 0) is 18.4 Å². The van der Waals surface area contributed by atoms with Gasteiger partial charge < -0.3 is 21.4 Å². The first-order valence-electron chi connectivity index (χ1n) is 6.58. The molecular weight excluding hydrogens is 261 g/mol. The molecule has 0 aliphatic rings. The first kappa shape index (κ1) is 16.4. The molecule has 0 saturated heterocycles. The number of nitrogens with one attached hydrogen (secondary N) is 1. The maximum atomic E-state index is 13.9. The van der Waals surface area contributed by atoms with Gasteiger partial charge in [-0.15, -0.1) is 0 Å². The Bertz CT molecular complexity index is 464. The predicted octanol–water partition coefficient (Wildman–Crippen LogP) is 1.42. The monoisotopic (exact) mass is 283 g/mol. The van der Waals surface area contributed by atoms with Crippen molar-refractivity contribution in [3.63, 3.8) is 0 Å². The minimum Gasteiger partial charge on any atom is -0.409 e. The second kappa shape index (κ2) is 7.81. The molecule has 1 rings (SSSR count). The van der Waals surface area contributed by atoms with Crippen molar-refractivity contribution in [3.8, 4) is 0 Å². The lowest BCUT2D eigenvalue weighted by Gasteiger charge is -2.18. The van der Waals surface area contributed by atoms with Crippen molar-refractivity contribution in [2.45, 2.75) is 32.9 Å². The third kappa shape index (κ3) is 4.79. The number of nitrogens with two attached hydrogens (primary N) is 1. The Labute approximate surface area is 118 Å². The minimum atomic E-state index is -0.428. The van der Waals surface area contributed by atoms with Crippen molar-refractivity contribution >= 4 is 5.84 Å². The first-order valence-corrected chi connectivity index (χ1v) is 6.58. The molecule has 0 bridgehead atoms. The summed E-state index contributed by atoms with van der Waals surface area (Å²) in [5.41, 5.74) is 6.20. The van der Waals surface area contributed by atoms with Crippen LogP contribution in [0.3, 0.4) is 0 Å². The SMILES string of the molecule is CC(C)CC(CO)NCc1ccc(C(N)=NO)cc1F. The summed E-state index contributed by atoms with van der Waals surface area (Å²) >= 11 is 0. The highest BCUT2D eigenvalue weighted by molar-refractivity contribution is 5.97. The number of nitrogens with zero attached hydrogens (tertiary/aromatic N) is 1. The summed E-state index contributed by atoms with van der Waals surface area (Å²) in [7, 11) is 0. The molecule has 0 fully saturated rings. The van der Waals surface area contributed by atoms with Gasteiger partial charge in [-0.25, -0.2) is 4.39 Å². The van der Waals surface area contributed by atoms with Crippen LogP contribution in [0, 0.1) is 11.7 Å². The van der Waals surface area contributed by atoms with Gasteiger partial charge in [0.1, 0.15) is 5.82 Å². The molecule has 6 heteroatoms. The van der Waals surface area contributed by atoms with Gasteiger partial charge in [-0.3, -0.25) is 0 Å². The second-order valence-corrected chi connectivity index (χ2v) is 5.18. The normalized spacial score (nSPS) is 13.8. The third-order valence-electron chi connectivity index (χ3n) is 3.01. The zero-order valence-corrected chi connectivity index (χ0v) is 11.8. The van der Waals surface area contributed by atoms with Gasteiger partial charge in [0.15, 0.2) is 5.84 Å². The van der Waals surface area contributed by atoms with E-state index < -0.39 is 5.82 Å². The Kier molecular flexibility index (Phi) is 6.41. The Morgan fingerprint density at radius 1 is 1.45 bits per heavy atom. The number of amidine groups is 1. The average molecular weight is 283 g/mol. The molecule has 5 nitrogen and oxygen atoms in total. The van der Waals surface area contributed by atoms with E-state index in [0.29, 0.717) is 23.6 Å². The molecule has 1 aromatic rings. The van der Waals surface area contributed by atoms with Crippen LogP contribution in [0.15, 0.2) is 23.4 Å². The highest BCUT2D eigenvalue weighted by Crippen LogP contribution is 2.12. The Morgan fingerprint density at radius 2 is 2.15 bits per heavy atom. The fraction of sp³-hybridized carbons (Fsp3) is 0.500. The standard InChI is InChI=1S/C14H22FN3O2/c1-9(2)5-12(8-19)17-7-11-4-3-10(6-13(11)15)14(16)18-20/h3-4,6,9,12,17,19-20H,5,7-8H2,1-2H3,(H2,16,18). The molecule has 0 radical (unpaired) electrons. The van der Waals surface area contributed by atoms with Crippen LogP contribution in [-0.2, 0) is 6.54 Å². The highest BCUT2D eigenvalue weighted by atomic mass is 19.1. The van der Waals surface area contributed by atoms with E-state index in [1.54, 1.807) is 12.1 Å². The second-order valence-electron chi connectivity index (χ2n) is 5.18. The van der Waals surface area contributed by atoms with Gasteiger partial charge in [0.05, 0.1) is 6.61 Å². The molecule has 5 N–H and O–H groups in total. The smallest absolute Gasteiger partial charge is 0.170 e. The van der Waals surface area contributed by atoms with E-state index in [2.05, 4.69) is 24.3 Å². The summed E-state index contributed by atoms with van der Waals surface area (Å²) < 4.78 is 13.9. The van der Waals surface area contributed by atoms with E-state index in [1.807, 2.05) is 0 Å². The number of rotatable bonds is 7. The number of hydrogen-bond donors (Lipinski definition) is 4. The summed E-state index contributed by atoms with van der Waals surface area (Å²) in [4.78, 5) is 0. The summed E-state index contributed by atoms with van der Waals surface area (Å²) in [6.07, 6.45) is 0.820. The predicted molar refractivity (Wildman–Crippen MR) is 76.1 cm³/mol. The lowest BCUT2D eigenvalue weighted by Crippen LogP contribution is -2.33. The molecule has 0 aliphatic carbocycles. The highest BCUT2D eigenvalue weighted by Gasteiger charge is 2.11. The molecule has 0 heterocycles. The largest absolute Gasteiger partial charge is 0.409 e. The van der Waals surface area contributed by atoms with Crippen LogP contribution in [0.2, 0.25) is 0 Å². The molecule has 0 aromatic heterocycles. The Morgan fingerprint density at radius 3 is 2.65 bits per heavy atom. The number of hydrogen-bond acceptors (Lipinski definition) is 4. The Hall–Kier alpha value is -1.66. The van der Waals surface area contributed by atoms with Crippen LogP contribution in [0.4, 0.5) is 4.39 Å². The zero-order valence-electron chi connectivity index (χ0n) is 11.8. The summed E-state index contributed by atoms with van der Waals surface area (Å²) in [5, 5.41) is 23.7. The molecule has 0 saturated carbocycles. The lowest BCUT2D eigenvalue weighted by molar-refractivity contribution is 0.223. The van der Waals surface area contributed by atoms with Gasteiger partial charge in [0.2, 0.25) is 0 Å².